The van der Waals surface area contributed by atoms with Gasteiger partial charge in [-0.2, -0.15) is 5.10 Å². The van der Waals surface area contributed by atoms with Gasteiger partial charge in [-0.05, 0) is 51.4 Å². The highest BCUT2D eigenvalue weighted by Gasteiger charge is 2.16. The van der Waals surface area contributed by atoms with Crippen LogP contribution in [-0.4, -0.2) is 45.0 Å². The van der Waals surface area contributed by atoms with Gasteiger partial charge in [0.2, 0.25) is 5.88 Å². The van der Waals surface area contributed by atoms with E-state index in [1.807, 2.05) is 10.9 Å². The minimum atomic E-state index is 0.348. The molecule has 1 aliphatic heterocycles. The Morgan fingerprint density at radius 1 is 1.27 bits per heavy atom. The van der Waals surface area contributed by atoms with Gasteiger partial charge in [-0.25, -0.2) is 0 Å². The zero-order valence-corrected chi connectivity index (χ0v) is 13.4. The maximum absolute atomic E-state index is 5.69. The third-order valence-electron chi connectivity index (χ3n) is 4.04. The van der Waals surface area contributed by atoms with E-state index in [1.54, 1.807) is 18.3 Å². The molecule has 0 N–H and O–H groups in total. The monoisotopic (exact) mass is 321 g/mol. The average Bonchev–Trinajstić information content (AvgIpc) is 2.97. The van der Waals surface area contributed by atoms with Gasteiger partial charge in [0.1, 0.15) is 0 Å². The van der Waals surface area contributed by atoms with Crippen LogP contribution in [0.3, 0.4) is 0 Å². The molecular weight excluding hydrogens is 302 g/mol. The van der Waals surface area contributed by atoms with Crippen LogP contribution in [0.1, 0.15) is 19.3 Å². The second-order valence-electron chi connectivity index (χ2n) is 5.77. The highest BCUT2D eigenvalue weighted by Crippen LogP contribution is 2.22. The van der Waals surface area contributed by atoms with Crippen molar-refractivity contribution in [3.8, 4) is 11.6 Å². The van der Waals surface area contributed by atoms with Gasteiger partial charge in [-0.15, -0.1) is 10.2 Å². The van der Waals surface area contributed by atoms with E-state index in [4.69, 9.17) is 16.3 Å². The summed E-state index contributed by atoms with van der Waals surface area (Å²) in [5.74, 6) is 1.88. The number of halogens is 1. The quantitative estimate of drug-likeness (QED) is 0.847. The van der Waals surface area contributed by atoms with Crippen molar-refractivity contribution in [3.05, 3.63) is 29.7 Å². The molecule has 0 radical (unpaired) electrons. The van der Waals surface area contributed by atoms with Crippen molar-refractivity contribution in [1.82, 2.24) is 24.9 Å². The molecule has 6 nitrogen and oxygen atoms in total. The van der Waals surface area contributed by atoms with Crippen LogP contribution >= 0.6 is 11.6 Å². The summed E-state index contributed by atoms with van der Waals surface area (Å²) in [6.07, 6.45) is 7.31. The lowest BCUT2D eigenvalue weighted by molar-refractivity contribution is 0.206. The van der Waals surface area contributed by atoms with Crippen LogP contribution in [0, 0.1) is 5.92 Å². The van der Waals surface area contributed by atoms with Crippen LogP contribution in [0.5, 0.6) is 11.6 Å². The summed E-state index contributed by atoms with van der Waals surface area (Å²) >= 11 is 5.69. The molecule has 0 bridgehead atoms. The van der Waals surface area contributed by atoms with Crippen LogP contribution in [0.25, 0.3) is 0 Å². The molecule has 1 saturated heterocycles. The maximum Gasteiger partial charge on any atom is 0.239 e. The molecule has 118 valence electrons. The van der Waals surface area contributed by atoms with Crippen LogP contribution in [-0.2, 0) is 6.54 Å². The van der Waals surface area contributed by atoms with Gasteiger partial charge >= 0.3 is 0 Å². The molecule has 1 aliphatic rings. The number of hydrogen-bond donors (Lipinski definition) is 0. The van der Waals surface area contributed by atoms with Crippen LogP contribution in [0.2, 0.25) is 5.15 Å². The highest BCUT2D eigenvalue weighted by molar-refractivity contribution is 6.29. The fraction of sp³-hybridized carbons (Fsp3) is 0.533. The SMILES string of the molecule is CN1CCC(CCn2cc(Oc3ccc(Cl)nn3)cn2)CC1. The van der Waals surface area contributed by atoms with Gasteiger partial charge in [0.15, 0.2) is 10.9 Å². The standard InChI is InChI=1S/C15H20ClN5O/c1-20-7-4-12(5-8-20)6-9-21-11-13(10-17-21)22-15-3-2-14(16)18-19-15/h2-3,10-12H,4-9H2,1H3. The summed E-state index contributed by atoms with van der Waals surface area (Å²) in [7, 11) is 2.19. The summed E-state index contributed by atoms with van der Waals surface area (Å²) in [5, 5.41) is 12.3. The number of likely N-dealkylation sites (tertiary alicyclic amines) is 1. The molecular formula is C15H20ClN5O. The van der Waals surface area contributed by atoms with Crippen LogP contribution < -0.4 is 4.74 Å². The summed E-state index contributed by atoms with van der Waals surface area (Å²) in [6, 6.07) is 3.33. The lowest BCUT2D eigenvalue weighted by Gasteiger charge is -2.28. The molecule has 0 atom stereocenters. The Morgan fingerprint density at radius 2 is 2.09 bits per heavy atom. The minimum Gasteiger partial charge on any atom is -0.434 e. The zero-order valence-electron chi connectivity index (χ0n) is 12.7. The van der Waals surface area contributed by atoms with Crippen LogP contribution in [0.4, 0.5) is 0 Å². The van der Waals surface area contributed by atoms with Gasteiger partial charge in [0, 0.05) is 12.6 Å². The normalized spacial score (nSPS) is 16.8. The molecule has 0 aromatic carbocycles. The van der Waals surface area contributed by atoms with E-state index in [-0.39, 0.29) is 0 Å². The molecule has 2 aromatic rings. The fourth-order valence-corrected chi connectivity index (χ4v) is 2.76. The minimum absolute atomic E-state index is 0.348. The first-order chi connectivity index (χ1) is 10.7. The molecule has 1 fully saturated rings. The number of hydrogen-bond acceptors (Lipinski definition) is 5. The van der Waals surface area contributed by atoms with E-state index in [1.165, 1.54) is 25.9 Å². The smallest absolute Gasteiger partial charge is 0.239 e. The summed E-state index contributed by atoms with van der Waals surface area (Å²) in [6.45, 7) is 3.32. The lowest BCUT2D eigenvalue weighted by Crippen LogP contribution is -2.30. The van der Waals surface area contributed by atoms with E-state index in [2.05, 4.69) is 27.2 Å². The molecule has 3 rings (SSSR count). The van der Waals surface area contributed by atoms with Crippen molar-refractivity contribution in [1.29, 1.82) is 0 Å². The van der Waals surface area contributed by atoms with Crippen molar-refractivity contribution in [2.45, 2.75) is 25.8 Å². The number of nitrogens with zero attached hydrogens (tertiary/aromatic N) is 5. The molecule has 22 heavy (non-hydrogen) atoms. The molecule has 3 heterocycles. The van der Waals surface area contributed by atoms with Crippen molar-refractivity contribution in [2.24, 2.45) is 5.92 Å². The van der Waals surface area contributed by atoms with Crippen LogP contribution in [0.15, 0.2) is 24.5 Å². The summed E-state index contributed by atoms with van der Waals surface area (Å²) < 4.78 is 7.53. The highest BCUT2D eigenvalue weighted by atomic mass is 35.5. The Balaban J connectivity index is 1.49. The Hall–Kier alpha value is -1.66. The predicted octanol–water partition coefficient (Wildman–Crippen LogP) is 2.85. The molecule has 0 aliphatic carbocycles. The zero-order chi connectivity index (χ0) is 15.4. The van der Waals surface area contributed by atoms with E-state index >= 15 is 0 Å². The topological polar surface area (TPSA) is 56.1 Å². The van der Waals surface area contributed by atoms with Crippen molar-refractivity contribution >= 4 is 11.6 Å². The largest absolute Gasteiger partial charge is 0.434 e. The lowest BCUT2D eigenvalue weighted by atomic mass is 9.94. The van der Waals surface area contributed by atoms with E-state index in [0.717, 1.165) is 18.9 Å². The first-order valence-electron chi connectivity index (χ1n) is 7.57. The molecule has 0 amide bonds. The van der Waals surface area contributed by atoms with Crippen molar-refractivity contribution in [2.75, 3.05) is 20.1 Å². The predicted molar refractivity (Wildman–Crippen MR) is 84.2 cm³/mol. The van der Waals surface area contributed by atoms with Gasteiger partial charge in [-0.3, -0.25) is 4.68 Å². The van der Waals surface area contributed by atoms with E-state index in [9.17, 15) is 0 Å². The third kappa shape index (κ3) is 4.18. The van der Waals surface area contributed by atoms with Gasteiger partial charge in [0.05, 0.1) is 12.4 Å². The Kier molecular flexibility index (Phi) is 4.90. The van der Waals surface area contributed by atoms with Crippen molar-refractivity contribution in [3.63, 3.8) is 0 Å². The molecule has 2 aromatic heterocycles. The molecule has 0 spiro atoms. The number of rotatable bonds is 5. The first kappa shape index (κ1) is 15.2. The second kappa shape index (κ2) is 7.07. The second-order valence-corrected chi connectivity index (χ2v) is 6.16. The van der Waals surface area contributed by atoms with Crippen molar-refractivity contribution < 1.29 is 4.74 Å². The Labute approximate surface area is 135 Å². The molecule has 0 saturated carbocycles. The Bertz CT molecular complexity index is 592. The van der Waals surface area contributed by atoms with E-state index in [0.29, 0.717) is 16.8 Å². The van der Waals surface area contributed by atoms with Gasteiger partial charge in [-0.1, -0.05) is 11.6 Å². The molecule has 7 heteroatoms. The number of aromatic nitrogens is 4. The number of aryl methyl sites for hydroxylation is 1. The average molecular weight is 322 g/mol. The third-order valence-corrected chi connectivity index (χ3v) is 4.25. The fourth-order valence-electron chi connectivity index (χ4n) is 2.66. The molecule has 0 unspecified atom stereocenters. The maximum atomic E-state index is 5.69. The van der Waals surface area contributed by atoms with E-state index < -0.39 is 0 Å². The first-order valence-corrected chi connectivity index (χ1v) is 7.95. The van der Waals surface area contributed by atoms with Gasteiger partial charge < -0.3 is 9.64 Å². The summed E-state index contributed by atoms with van der Waals surface area (Å²) in [4.78, 5) is 2.39. The van der Waals surface area contributed by atoms with Gasteiger partial charge in [0.25, 0.3) is 0 Å². The summed E-state index contributed by atoms with van der Waals surface area (Å²) in [5.41, 5.74) is 0. The number of piperidine rings is 1. The number of ether oxygens (including phenoxy) is 1. The Morgan fingerprint density at radius 3 is 2.82 bits per heavy atom.